The smallest absolute Gasteiger partial charge is 0.246 e. The van der Waals surface area contributed by atoms with Gasteiger partial charge in [-0.05, 0) is 31.6 Å². The summed E-state index contributed by atoms with van der Waals surface area (Å²) in [6.45, 7) is 0.244. The summed E-state index contributed by atoms with van der Waals surface area (Å²) in [6.07, 6.45) is 11.8. The largest absolute Gasteiger partial charge is 0.342 e. The minimum atomic E-state index is -0.262. The maximum atomic E-state index is 12.6. The summed E-state index contributed by atoms with van der Waals surface area (Å²) in [7, 11) is 0. The van der Waals surface area contributed by atoms with E-state index in [1.165, 1.54) is 19.3 Å². The third-order valence-corrected chi connectivity index (χ3v) is 4.72. The van der Waals surface area contributed by atoms with Gasteiger partial charge in [0.15, 0.2) is 0 Å². The normalized spacial score (nSPS) is 29.9. The van der Waals surface area contributed by atoms with Crippen molar-refractivity contribution >= 4 is 11.8 Å². The third-order valence-electron chi connectivity index (χ3n) is 4.72. The highest BCUT2D eigenvalue weighted by Crippen LogP contribution is 2.30. The molecule has 1 atom stereocenters. The molecule has 1 heterocycles. The zero-order valence-corrected chi connectivity index (χ0v) is 11.3. The molecule has 1 aliphatic heterocycles. The van der Waals surface area contributed by atoms with Crippen LogP contribution in [0.3, 0.4) is 0 Å². The van der Waals surface area contributed by atoms with Crippen molar-refractivity contribution in [2.45, 2.75) is 57.0 Å². The molecule has 104 valence electrons. The van der Waals surface area contributed by atoms with Crippen molar-refractivity contribution < 1.29 is 9.59 Å². The summed E-state index contributed by atoms with van der Waals surface area (Å²) in [6, 6.07) is -0.0493. The van der Waals surface area contributed by atoms with E-state index in [9.17, 15) is 9.59 Å². The predicted molar refractivity (Wildman–Crippen MR) is 72.4 cm³/mol. The number of rotatable bonds is 2. The first-order chi connectivity index (χ1) is 9.25. The fraction of sp³-hybridized carbons (Fsp3) is 0.733. The molecule has 2 aliphatic carbocycles. The molecule has 1 N–H and O–H groups in total. The van der Waals surface area contributed by atoms with Crippen LogP contribution in [0.1, 0.15) is 44.9 Å². The summed E-state index contributed by atoms with van der Waals surface area (Å²) in [5.74, 6) is 0.518. The van der Waals surface area contributed by atoms with E-state index < -0.39 is 0 Å². The molecule has 3 rings (SSSR count). The van der Waals surface area contributed by atoms with Gasteiger partial charge in [0, 0.05) is 6.04 Å². The molecule has 2 fully saturated rings. The molecule has 19 heavy (non-hydrogen) atoms. The first-order valence-corrected chi connectivity index (χ1v) is 7.50. The minimum Gasteiger partial charge on any atom is -0.342 e. The van der Waals surface area contributed by atoms with E-state index in [0.29, 0.717) is 5.92 Å². The number of carbonyl (C=O) groups is 2. The molecule has 3 aliphatic rings. The van der Waals surface area contributed by atoms with Crippen LogP contribution in [0.2, 0.25) is 0 Å². The van der Waals surface area contributed by atoms with Gasteiger partial charge in [-0.3, -0.25) is 9.59 Å². The lowest BCUT2D eigenvalue weighted by Gasteiger charge is -2.40. The molecule has 0 spiro atoms. The van der Waals surface area contributed by atoms with Crippen molar-refractivity contribution in [2.24, 2.45) is 5.92 Å². The van der Waals surface area contributed by atoms with Crippen molar-refractivity contribution in [3.8, 4) is 0 Å². The van der Waals surface area contributed by atoms with E-state index in [2.05, 4.69) is 17.5 Å². The predicted octanol–water partition coefficient (Wildman–Crippen LogP) is 1.61. The number of piperazine rings is 1. The Morgan fingerprint density at radius 2 is 1.74 bits per heavy atom. The third kappa shape index (κ3) is 2.53. The van der Waals surface area contributed by atoms with E-state index in [1.54, 1.807) is 0 Å². The number of amides is 2. The SMILES string of the molecule is O=C1CN(C2CC=CC2)C(=O)C(C2CCCCC2)N1. The average molecular weight is 262 g/mol. The van der Waals surface area contributed by atoms with Crippen LogP contribution in [0.15, 0.2) is 12.2 Å². The highest BCUT2D eigenvalue weighted by atomic mass is 16.2. The molecule has 1 saturated carbocycles. The maximum absolute atomic E-state index is 12.6. The summed E-state index contributed by atoms with van der Waals surface area (Å²) >= 11 is 0. The van der Waals surface area contributed by atoms with Gasteiger partial charge < -0.3 is 10.2 Å². The highest BCUT2D eigenvalue weighted by Gasteiger charge is 2.40. The van der Waals surface area contributed by atoms with Gasteiger partial charge in [0.25, 0.3) is 0 Å². The number of hydrogen-bond donors (Lipinski definition) is 1. The molecular formula is C15H22N2O2. The molecule has 0 radical (unpaired) electrons. The number of nitrogens with one attached hydrogen (secondary N) is 1. The molecule has 1 saturated heterocycles. The van der Waals surface area contributed by atoms with Gasteiger partial charge in [0.2, 0.25) is 11.8 Å². The van der Waals surface area contributed by atoms with Crippen LogP contribution in [0.25, 0.3) is 0 Å². The Kier molecular flexibility index (Phi) is 3.58. The van der Waals surface area contributed by atoms with Crippen molar-refractivity contribution in [3.63, 3.8) is 0 Å². The Morgan fingerprint density at radius 1 is 1.05 bits per heavy atom. The van der Waals surface area contributed by atoms with E-state index >= 15 is 0 Å². The van der Waals surface area contributed by atoms with Crippen LogP contribution in [-0.4, -0.2) is 35.3 Å². The molecule has 0 aromatic rings. The van der Waals surface area contributed by atoms with Gasteiger partial charge in [-0.25, -0.2) is 0 Å². The van der Waals surface area contributed by atoms with E-state index in [4.69, 9.17) is 0 Å². The number of hydrogen-bond acceptors (Lipinski definition) is 2. The molecule has 4 nitrogen and oxygen atoms in total. The van der Waals surface area contributed by atoms with Crippen molar-refractivity contribution in [2.75, 3.05) is 6.54 Å². The summed E-state index contributed by atoms with van der Waals surface area (Å²) in [4.78, 5) is 26.4. The van der Waals surface area contributed by atoms with Crippen LogP contribution in [-0.2, 0) is 9.59 Å². The number of nitrogens with zero attached hydrogens (tertiary/aromatic N) is 1. The Morgan fingerprint density at radius 3 is 2.42 bits per heavy atom. The van der Waals surface area contributed by atoms with Gasteiger partial charge in [-0.15, -0.1) is 0 Å². The van der Waals surface area contributed by atoms with Gasteiger partial charge in [-0.1, -0.05) is 31.4 Å². The van der Waals surface area contributed by atoms with E-state index in [1.807, 2.05) is 4.90 Å². The second-order valence-corrected chi connectivity index (χ2v) is 6.01. The Balaban J connectivity index is 1.72. The summed E-state index contributed by atoms with van der Waals surface area (Å²) in [5, 5.41) is 2.94. The first-order valence-electron chi connectivity index (χ1n) is 7.50. The number of carbonyl (C=O) groups excluding carboxylic acids is 2. The van der Waals surface area contributed by atoms with Crippen LogP contribution in [0.5, 0.6) is 0 Å². The van der Waals surface area contributed by atoms with Crippen molar-refractivity contribution in [3.05, 3.63) is 12.2 Å². The molecule has 4 heteroatoms. The fourth-order valence-electron chi connectivity index (χ4n) is 3.65. The molecule has 0 aromatic heterocycles. The molecule has 1 unspecified atom stereocenters. The fourth-order valence-corrected chi connectivity index (χ4v) is 3.65. The quantitative estimate of drug-likeness (QED) is 0.769. The van der Waals surface area contributed by atoms with Crippen LogP contribution in [0, 0.1) is 5.92 Å². The maximum Gasteiger partial charge on any atom is 0.246 e. The lowest BCUT2D eigenvalue weighted by molar-refractivity contribution is -0.148. The van der Waals surface area contributed by atoms with Gasteiger partial charge in [0.1, 0.15) is 6.04 Å². The van der Waals surface area contributed by atoms with E-state index in [0.717, 1.165) is 25.7 Å². The second kappa shape index (κ2) is 5.35. The molecule has 0 bridgehead atoms. The summed E-state index contributed by atoms with van der Waals surface area (Å²) < 4.78 is 0. The van der Waals surface area contributed by atoms with E-state index in [-0.39, 0.29) is 30.4 Å². The topological polar surface area (TPSA) is 49.4 Å². The Bertz CT molecular complexity index is 391. The van der Waals surface area contributed by atoms with Crippen LogP contribution in [0.4, 0.5) is 0 Å². The average Bonchev–Trinajstić information content (AvgIpc) is 2.96. The van der Waals surface area contributed by atoms with Gasteiger partial charge in [0.05, 0.1) is 6.54 Å². The van der Waals surface area contributed by atoms with Gasteiger partial charge in [-0.2, -0.15) is 0 Å². The molecule has 0 aromatic carbocycles. The summed E-state index contributed by atoms with van der Waals surface area (Å²) in [5.41, 5.74) is 0. The van der Waals surface area contributed by atoms with Crippen molar-refractivity contribution in [1.29, 1.82) is 0 Å². The molecule has 2 amide bonds. The Labute approximate surface area is 114 Å². The monoisotopic (exact) mass is 262 g/mol. The van der Waals surface area contributed by atoms with Crippen molar-refractivity contribution in [1.82, 2.24) is 10.2 Å². The lowest BCUT2D eigenvalue weighted by atomic mass is 9.82. The molecular weight excluding hydrogens is 240 g/mol. The second-order valence-electron chi connectivity index (χ2n) is 6.01. The van der Waals surface area contributed by atoms with Crippen LogP contribution >= 0.6 is 0 Å². The minimum absolute atomic E-state index is 0.0158. The Hall–Kier alpha value is -1.32. The van der Waals surface area contributed by atoms with Crippen LogP contribution < -0.4 is 5.32 Å². The lowest BCUT2D eigenvalue weighted by Crippen LogP contribution is -2.62. The highest BCUT2D eigenvalue weighted by molar-refractivity contribution is 5.95. The zero-order chi connectivity index (χ0) is 13.2. The standard InChI is InChI=1S/C15H22N2O2/c18-13-10-17(12-8-4-5-9-12)15(19)14(16-13)11-6-2-1-3-7-11/h4-5,11-12,14H,1-3,6-10H2,(H,16,18). The zero-order valence-electron chi connectivity index (χ0n) is 11.3. The first kappa shape index (κ1) is 12.7. The van der Waals surface area contributed by atoms with Gasteiger partial charge >= 0.3 is 0 Å².